The smallest absolute Gasteiger partial charge is 0.140 e. The molecule has 150 valence electrons. The van der Waals surface area contributed by atoms with Gasteiger partial charge < -0.3 is 23.7 Å². The van der Waals surface area contributed by atoms with Crippen LogP contribution in [0.4, 0.5) is 0 Å². The molecule has 0 amide bonds. The molecule has 6 nitrogen and oxygen atoms in total. The third-order valence-corrected chi connectivity index (χ3v) is 3.19. The second kappa shape index (κ2) is 13.6. The minimum absolute atomic E-state index is 0.122. The standard InChI is InChI=1S/C19H38O6/c1-18(2,3)17(20)7-8-21-9-10-22-11-12-23-13-14-24-15-16-25-19(4,5)6/h7-16H2,1-6H3. The van der Waals surface area contributed by atoms with Crippen LogP contribution in [0.1, 0.15) is 48.0 Å². The highest BCUT2D eigenvalue weighted by atomic mass is 16.6. The molecule has 0 aliphatic rings. The lowest BCUT2D eigenvalue weighted by Gasteiger charge is -2.19. The van der Waals surface area contributed by atoms with E-state index in [-0.39, 0.29) is 16.8 Å². The Morgan fingerprint density at radius 2 is 0.960 bits per heavy atom. The first-order valence-corrected chi connectivity index (χ1v) is 9.11. The van der Waals surface area contributed by atoms with E-state index in [0.717, 1.165) is 0 Å². The molecule has 0 radical (unpaired) electrons. The van der Waals surface area contributed by atoms with Crippen molar-refractivity contribution in [1.82, 2.24) is 0 Å². The van der Waals surface area contributed by atoms with E-state index in [2.05, 4.69) is 0 Å². The lowest BCUT2D eigenvalue weighted by molar-refractivity contribution is -0.127. The van der Waals surface area contributed by atoms with Gasteiger partial charge in [-0.15, -0.1) is 0 Å². The summed E-state index contributed by atoms with van der Waals surface area (Å²) < 4.78 is 27.1. The van der Waals surface area contributed by atoms with Crippen molar-refractivity contribution in [2.24, 2.45) is 5.41 Å². The van der Waals surface area contributed by atoms with Crippen molar-refractivity contribution < 1.29 is 28.5 Å². The van der Waals surface area contributed by atoms with E-state index in [1.54, 1.807) is 0 Å². The molecule has 0 aromatic carbocycles. The number of ether oxygens (including phenoxy) is 5. The van der Waals surface area contributed by atoms with Crippen molar-refractivity contribution in [3.8, 4) is 0 Å². The summed E-state index contributed by atoms with van der Waals surface area (Å²) in [6.45, 7) is 16.6. The lowest BCUT2D eigenvalue weighted by Crippen LogP contribution is -2.22. The van der Waals surface area contributed by atoms with E-state index in [1.807, 2.05) is 41.5 Å². The first kappa shape index (κ1) is 24.5. The van der Waals surface area contributed by atoms with Crippen LogP contribution in [0.2, 0.25) is 0 Å². The second-order valence-electron chi connectivity index (χ2n) is 7.83. The van der Waals surface area contributed by atoms with Gasteiger partial charge in [0.25, 0.3) is 0 Å². The van der Waals surface area contributed by atoms with E-state index in [4.69, 9.17) is 23.7 Å². The number of rotatable bonds is 15. The maximum Gasteiger partial charge on any atom is 0.140 e. The summed E-state index contributed by atoms with van der Waals surface area (Å²) in [6, 6.07) is 0. The van der Waals surface area contributed by atoms with Crippen molar-refractivity contribution in [2.75, 3.05) is 59.5 Å². The number of carbonyl (C=O) groups is 1. The molecule has 0 saturated heterocycles. The van der Waals surface area contributed by atoms with Gasteiger partial charge in [0, 0.05) is 11.8 Å². The minimum Gasteiger partial charge on any atom is -0.379 e. The van der Waals surface area contributed by atoms with Gasteiger partial charge in [-0.2, -0.15) is 0 Å². The van der Waals surface area contributed by atoms with Crippen LogP contribution >= 0.6 is 0 Å². The van der Waals surface area contributed by atoms with Gasteiger partial charge in [-0.1, -0.05) is 20.8 Å². The molecule has 0 heterocycles. The molecule has 6 heteroatoms. The Balaban J connectivity index is 3.18. The van der Waals surface area contributed by atoms with Crippen molar-refractivity contribution in [2.45, 2.75) is 53.6 Å². The van der Waals surface area contributed by atoms with Crippen LogP contribution in [0.3, 0.4) is 0 Å². The number of hydrogen-bond acceptors (Lipinski definition) is 6. The molecular formula is C19H38O6. The molecule has 0 aliphatic carbocycles. The largest absolute Gasteiger partial charge is 0.379 e. The molecule has 0 saturated carbocycles. The fraction of sp³-hybridized carbons (Fsp3) is 0.947. The number of Topliss-reactive ketones (excluding diaryl/α,β-unsaturated/α-hetero) is 1. The van der Waals surface area contributed by atoms with Crippen molar-refractivity contribution >= 4 is 5.78 Å². The first-order valence-electron chi connectivity index (χ1n) is 9.11. The van der Waals surface area contributed by atoms with Crippen LogP contribution in [0.5, 0.6) is 0 Å². The van der Waals surface area contributed by atoms with Crippen LogP contribution in [0.25, 0.3) is 0 Å². The third-order valence-electron chi connectivity index (χ3n) is 3.19. The van der Waals surface area contributed by atoms with E-state index < -0.39 is 0 Å². The molecular weight excluding hydrogens is 324 g/mol. The van der Waals surface area contributed by atoms with Crippen molar-refractivity contribution in [3.63, 3.8) is 0 Å². The van der Waals surface area contributed by atoms with Gasteiger partial charge >= 0.3 is 0 Å². The molecule has 0 spiro atoms. The predicted octanol–water partition coefficient (Wildman–Crippen LogP) is 2.87. The summed E-state index contributed by atoms with van der Waals surface area (Å²) in [5.74, 6) is 0.217. The Bertz CT molecular complexity index is 330. The Morgan fingerprint density at radius 1 is 0.600 bits per heavy atom. The highest BCUT2D eigenvalue weighted by Gasteiger charge is 2.20. The quantitative estimate of drug-likeness (QED) is 0.418. The predicted molar refractivity (Wildman–Crippen MR) is 98.1 cm³/mol. The average Bonchev–Trinajstić information content (AvgIpc) is 2.48. The monoisotopic (exact) mass is 362 g/mol. The van der Waals surface area contributed by atoms with Crippen LogP contribution in [0.15, 0.2) is 0 Å². The molecule has 0 aromatic rings. The molecule has 0 aromatic heterocycles. The fourth-order valence-corrected chi connectivity index (χ4v) is 1.71. The van der Waals surface area contributed by atoms with Crippen LogP contribution in [-0.2, 0) is 28.5 Å². The van der Waals surface area contributed by atoms with Crippen LogP contribution < -0.4 is 0 Å². The third kappa shape index (κ3) is 18.1. The van der Waals surface area contributed by atoms with Gasteiger partial charge in [0.15, 0.2) is 0 Å². The van der Waals surface area contributed by atoms with Gasteiger partial charge in [-0.3, -0.25) is 4.79 Å². The SMILES string of the molecule is CC(C)(C)OCCOCCOCCOCCOCCC(=O)C(C)(C)C. The lowest BCUT2D eigenvalue weighted by atomic mass is 9.89. The Morgan fingerprint density at radius 3 is 1.32 bits per heavy atom. The highest BCUT2D eigenvalue weighted by molar-refractivity contribution is 5.83. The topological polar surface area (TPSA) is 63.2 Å². The summed E-state index contributed by atoms with van der Waals surface area (Å²) >= 11 is 0. The fourth-order valence-electron chi connectivity index (χ4n) is 1.71. The van der Waals surface area contributed by atoms with Crippen molar-refractivity contribution in [3.05, 3.63) is 0 Å². The average molecular weight is 363 g/mol. The zero-order valence-electron chi connectivity index (χ0n) is 17.0. The number of ketones is 1. The Hall–Kier alpha value is -0.530. The van der Waals surface area contributed by atoms with Gasteiger partial charge in [0.1, 0.15) is 5.78 Å². The summed E-state index contributed by atoms with van der Waals surface area (Å²) in [5.41, 5.74) is -0.413. The summed E-state index contributed by atoms with van der Waals surface area (Å²) in [7, 11) is 0. The maximum absolute atomic E-state index is 11.7. The summed E-state index contributed by atoms with van der Waals surface area (Å²) in [6.07, 6.45) is 0.452. The highest BCUT2D eigenvalue weighted by Crippen LogP contribution is 2.16. The molecule has 0 aliphatic heterocycles. The van der Waals surface area contributed by atoms with Crippen molar-refractivity contribution in [1.29, 1.82) is 0 Å². The van der Waals surface area contributed by atoms with Gasteiger partial charge in [0.05, 0.1) is 65.1 Å². The van der Waals surface area contributed by atoms with Gasteiger partial charge in [-0.05, 0) is 20.8 Å². The molecule has 0 bridgehead atoms. The summed E-state index contributed by atoms with van der Waals surface area (Å²) in [5, 5.41) is 0. The van der Waals surface area contributed by atoms with Gasteiger partial charge in [0.2, 0.25) is 0 Å². The van der Waals surface area contributed by atoms with Crippen LogP contribution in [0, 0.1) is 5.41 Å². The minimum atomic E-state index is -0.291. The van der Waals surface area contributed by atoms with E-state index in [1.165, 1.54) is 0 Å². The Labute approximate surface area is 153 Å². The van der Waals surface area contributed by atoms with E-state index in [9.17, 15) is 4.79 Å². The van der Waals surface area contributed by atoms with E-state index >= 15 is 0 Å². The molecule has 0 fully saturated rings. The van der Waals surface area contributed by atoms with Crippen LogP contribution in [-0.4, -0.2) is 70.8 Å². The summed E-state index contributed by atoms with van der Waals surface area (Å²) in [4.78, 5) is 11.7. The van der Waals surface area contributed by atoms with E-state index in [0.29, 0.717) is 65.9 Å². The second-order valence-corrected chi connectivity index (χ2v) is 7.83. The molecule has 0 unspecified atom stereocenters. The molecule has 0 atom stereocenters. The molecule has 0 N–H and O–H groups in total. The first-order chi connectivity index (χ1) is 11.6. The maximum atomic E-state index is 11.7. The van der Waals surface area contributed by atoms with Gasteiger partial charge in [-0.25, -0.2) is 0 Å². The normalized spacial score (nSPS) is 12.6. The zero-order chi connectivity index (χ0) is 19.2. The molecule has 25 heavy (non-hydrogen) atoms. The molecule has 0 rings (SSSR count). The number of carbonyl (C=O) groups excluding carboxylic acids is 1. The zero-order valence-corrected chi connectivity index (χ0v) is 17.0. The number of hydrogen-bond donors (Lipinski definition) is 0. The Kier molecular flexibility index (Phi) is 13.4.